The molecule has 0 atom stereocenters. The molecule has 0 saturated heterocycles. The zero-order valence-corrected chi connectivity index (χ0v) is 14.6. The molecule has 2 aromatic rings. The maximum absolute atomic E-state index is 12.5. The minimum atomic E-state index is -3.78. The Morgan fingerprint density at radius 3 is 2.60 bits per heavy atom. The lowest BCUT2D eigenvalue weighted by Crippen LogP contribution is -2.30. The second kappa shape index (κ2) is 7.90. The predicted octanol–water partition coefficient (Wildman–Crippen LogP) is 2.66. The molecule has 0 aliphatic heterocycles. The fourth-order valence-electron chi connectivity index (χ4n) is 2.16. The first-order chi connectivity index (χ1) is 11.9. The highest BCUT2D eigenvalue weighted by molar-refractivity contribution is 7.89. The highest BCUT2D eigenvalue weighted by atomic mass is 32.2. The average Bonchev–Trinajstić information content (AvgIpc) is 3.09. The average molecular weight is 366 g/mol. The van der Waals surface area contributed by atoms with Gasteiger partial charge in [0.05, 0.1) is 22.3 Å². The third kappa shape index (κ3) is 4.22. The van der Waals surface area contributed by atoms with Gasteiger partial charge in [-0.1, -0.05) is 13.8 Å². The topological polar surface area (TPSA) is 118 Å². The number of hydrazone groups is 1. The standard InChI is InChI=1S/C15H18N4O5S/c1-3-18(4-2)25(22,23)13-7-8-14(15(10-13)19(20)21)17-16-11-12-6-5-9-24-12/h5-11,17H,3-4H2,1-2H3/b16-11-. The molecule has 0 saturated carbocycles. The number of nitro groups is 1. The molecule has 134 valence electrons. The monoisotopic (exact) mass is 366 g/mol. The number of sulfonamides is 1. The van der Waals surface area contributed by atoms with Crippen LogP contribution in [0.4, 0.5) is 11.4 Å². The largest absolute Gasteiger partial charge is 0.463 e. The molecule has 0 bridgehead atoms. The molecule has 10 heteroatoms. The van der Waals surface area contributed by atoms with E-state index in [1.165, 1.54) is 28.9 Å². The van der Waals surface area contributed by atoms with Crippen LogP contribution in [-0.4, -0.2) is 37.0 Å². The van der Waals surface area contributed by atoms with Gasteiger partial charge in [0.2, 0.25) is 10.0 Å². The van der Waals surface area contributed by atoms with E-state index >= 15 is 0 Å². The van der Waals surface area contributed by atoms with Crippen LogP contribution in [0, 0.1) is 10.1 Å². The fraction of sp³-hybridized carbons (Fsp3) is 0.267. The molecule has 25 heavy (non-hydrogen) atoms. The van der Waals surface area contributed by atoms with Gasteiger partial charge in [0.1, 0.15) is 11.4 Å². The van der Waals surface area contributed by atoms with E-state index < -0.39 is 14.9 Å². The number of nitrogens with zero attached hydrogens (tertiary/aromatic N) is 3. The van der Waals surface area contributed by atoms with Crippen LogP contribution in [0.5, 0.6) is 0 Å². The molecule has 0 unspecified atom stereocenters. The highest BCUT2D eigenvalue weighted by Crippen LogP contribution is 2.29. The molecule has 0 aliphatic rings. The van der Waals surface area contributed by atoms with Gasteiger partial charge < -0.3 is 4.42 Å². The SMILES string of the molecule is CCN(CC)S(=O)(=O)c1ccc(N/N=C\c2ccco2)c([N+](=O)[O-])c1. The van der Waals surface area contributed by atoms with Gasteiger partial charge in [-0.15, -0.1) is 0 Å². The Balaban J connectivity index is 2.33. The van der Waals surface area contributed by atoms with Crippen molar-refractivity contribution in [3.05, 3.63) is 52.5 Å². The fourth-order valence-corrected chi connectivity index (χ4v) is 3.64. The van der Waals surface area contributed by atoms with E-state index in [4.69, 9.17) is 4.42 Å². The first kappa shape index (κ1) is 18.6. The molecule has 1 heterocycles. The summed E-state index contributed by atoms with van der Waals surface area (Å²) in [4.78, 5) is 10.5. The molecule has 2 rings (SSSR count). The van der Waals surface area contributed by atoms with E-state index in [2.05, 4.69) is 10.5 Å². The van der Waals surface area contributed by atoms with Gasteiger partial charge in [0, 0.05) is 19.2 Å². The van der Waals surface area contributed by atoms with Gasteiger partial charge in [-0.25, -0.2) is 8.42 Å². The number of benzene rings is 1. The molecule has 1 aromatic heterocycles. The van der Waals surface area contributed by atoms with Crippen molar-refractivity contribution in [2.24, 2.45) is 5.10 Å². The van der Waals surface area contributed by atoms with Crippen LogP contribution in [0.3, 0.4) is 0 Å². The molecule has 1 N–H and O–H groups in total. The molecule has 1 aromatic carbocycles. The van der Waals surface area contributed by atoms with Gasteiger partial charge >= 0.3 is 0 Å². The van der Waals surface area contributed by atoms with E-state index in [1.807, 2.05) is 0 Å². The van der Waals surface area contributed by atoms with Crippen LogP contribution >= 0.6 is 0 Å². The Bertz CT molecular complexity index is 858. The third-order valence-corrected chi connectivity index (χ3v) is 5.47. The lowest BCUT2D eigenvalue weighted by molar-refractivity contribution is -0.384. The number of rotatable bonds is 8. The second-order valence-corrected chi connectivity index (χ2v) is 6.85. The molecule has 0 aliphatic carbocycles. The van der Waals surface area contributed by atoms with Crippen molar-refractivity contribution in [1.29, 1.82) is 0 Å². The smallest absolute Gasteiger partial charge is 0.295 e. The van der Waals surface area contributed by atoms with E-state index in [9.17, 15) is 18.5 Å². The quantitative estimate of drug-likeness (QED) is 0.436. The Hall–Kier alpha value is -2.72. The predicted molar refractivity (Wildman–Crippen MR) is 93.1 cm³/mol. The summed E-state index contributed by atoms with van der Waals surface area (Å²) >= 11 is 0. The van der Waals surface area contributed by atoms with Crippen LogP contribution in [0.1, 0.15) is 19.6 Å². The van der Waals surface area contributed by atoms with Crippen molar-refractivity contribution < 1.29 is 17.8 Å². The molecular formula is C15H18N4O5S. The van der Waals surface area contributed by atoms with Gasteiger partial charge in [0.25, 0.3) is 5.69 Å². The van der Waals surface area contributed by atoms with Crippen molar-refractivity contribution in [1.82, 2.24) is 4.31 Å². The number of furan rings is 1. The summed E-state index contributed by atoms with van der Waals surface area (Å²) in [5, 5.41) is 15.1. The molecule has 0 radical (unpaired) electrons. The van der Waals surface area contributed by atoms with Gasteiger partial charge in [-0.05, 0) is 24.3 Å². The summed E-state index contributed by atoms with van der Waals surface area (Å²) < 4.78 is 31.3. The van der Waals surface area contributed by atoms with Crippen LogP contribution in [-0.2, 0) is 10.0 Å². The summed E-state index contributed by atoms with van der Waals surface area (Å²) in [7, 11) is -3.78. The van der Waals surface area contributed by atoms with E-state index in [1.54, 1.807) is 26.0 Å². The maximum atomic E-state index is 12.5. The maximum Gasteiger partial charge on any atom is 0.295 e. The second-order valence-electron chi connectivity index (χ2n) is 4.91. The highest BCUT2D eigenvalue weighted by Gasteiger charge is 2.25. The van der Waals surface area contributed by atoms with Gasteiger partial charge in [-0.3, -0.25) is 15.5 Å². The Morgan fingerprint density at radius 2 is 2.04 bits per heavy atom. The molecule has 0 amide bonds. The molecule has 0 fully saturated rings. The molecular weight excluding hydrogens is 348 g/mol. The lowest BCUT2D eigenvalue weighted by atomic mass is 10.3. The molecule has 9 nitrogen and oxygen atoms in total. The van der Waals surface area contributed by atoms with Crippen LogP contribution in [0.25, 0.3) is 0 Å². The van der Waals surface area contributed by atoms with E-state index in [0.29, 0.717) is 5.76 Å². The normalized spacial score (nSPS) is 12.0. The number of hydrogen-bond acceptors (Lipinski definition) is 7. The molecule has 0 spiro atoms. The Kier molecular flexibility index (Phi) is 5.88. The van der Waals surface area contributed by atoms with Crippen molar-refractivity contribution in [3.63, 3.8) is 0 Å². The zero-order chi connectivity index (χ0) is 18.4. The summed E-state index contributed by atoms with van der Waals surface area (Å²) in [6, 6.07) is 6.99. The minimum Gasteiger partial charge on any atom is -0.463 e. The van der Waals surface area contributed by atoms with E-state index in [0.717, 1.165) is 6.07 Å². The van der Waals surface area contributed by atoms with Crippen molar-refractivity contribution in [3.8, 4) is 0 Å². The number of nitro benzene ring substituents is 1. The summed E-state index contributed by atoms with van der Waals surface area (Å²) in [6.07, 6.45) is 2.82. The summed E-state index contributed by atoms with van der Waals surface area (Å²) in [6.45, 7) is 3.96. The number of nitrogens with one attached hydrogen (secondary N) is 1. The first-order valence-corrected chi connectivity index (χ1v) is 8.95. The number of hydrogen-bond donors (Lipinski definition) is 1. The Morgan fingerprint density at radius 1 is 1.32 bits per heavy atom. The summed E-state index contributed by atoms with van der Waals surface area (Å²) in [5.41, 5.74) is 2.22. The zero-order valence-electron chi connectivity index (χ0n) is 13.7. The van der Waals surface area contributed by atoms with Crippen LogP contribution in [0.2, 0.25) is 0 Å². The van der Waals surface area contributed by atoms with E-state index in [-0.39, 0.29) is 29.4 Å². The van der Waals surface area contributed by atoms with Crippen molar-refractivity contribution in [2.75, 3.05) is 18.5 Å². The van der Waals surface area contributed by atoms with Crippen LogP contribution in [0.15, 0.2) is 51.0 Å². The van der Waals surface area contributed by atoms with Gasteiger partial charge in [0.15, 0.2) is 0 Å². The first-order valence-electron chi connectivity index (χ1n) is 7.51. The number of anilines is 1. The van der Waals surface area contributed by atoms with Crippen molar-refractivity contribution >= 4 is 27.6 Å². The van der Waals surface area contributed by atoms with Gasteiger partial charge in [-0.2, -0.15) is 9.41 Å². The Labute approximate surface area is 145 Å². The lowest BCUT2D eigenvalue weighted by Gasteiger charge is -2.18. The van der Waals surface area contributed by atoms with Crippen molar-refractivity contribution in [2.45, 2.75) is 18.7 Å². The van der Waals surface area contributed by atoms with Crippen LogP contribution < -0.4 is 5.43 Å². The third-order valence-electron chi connectivity index (χ3n) is 3.43. The minimum absolute atomic E-state index is 0.0753. The summed E-state index contributed by atoms with van der Waals surface area (Å²) in [5.74, 6) is 0.468.